The first kappa shape index (κ1) is 19.6. The van der Waals surface area contributed by atoms with Gasteiger partial charge >= 0.3 is 0 Å². The van der Waals surface area contributed by atoms with E-state index >= 15 is 0 Å². The Bertz CT molecular complexity index is 1170. The van der Waals surface area contributed by atoms with Gasteiger partial charge in [-0.05, 0) is 88.1 Å². The molecule has 1 atom stereocenters. The predicted octanol–water partition coefficient (Wildman–Crippen LogP) is 4.74. The summed E-state index contributed by atoms with van der Waals surface area (Å²) in [6.45, 7) is 6.31. The minimum atomic E-state index is 0.206. The van der Waals surface area contributed by atoms with E-state index < -0.39 is 0 Å². The van der Waals surface area contributed by atoms with Gasteiger partial charge in [-0.2, -0.15) is 10.2 Å². The molecule has 32 heavy (non-hydrogen) atoms. The Morgan fingerprint density at radius 2 is 1.91 bits per heavy atom. The van der Waals surface area contributed by atoms with Crippen molar-refractivity contribution in [3.8, 4) is 5.69 Å². The van der Waals surface area contributed by atoms with Crippen molar-refractivity contribution in [2.45, 2.75) is 62.4 Å². The molecule has 0 radical (unpaired) electrons. The van der Waals surface area contributed by atoms with Gasteiger partial charge in [0.05, 0.1) is 36.3 Å². The Labute approximate surface area is 193 Å². The lowest BCUT2D eigenvalue weighted by Gasteiger charge is -2.61. The van der Waals surface area contributed by atoms with Crippen molar-refractivity contribution in [3.63, 3.8) is 0 Å². The number of hydrogen-bond acceptors (Lipinski definition) is 4. The van der Waals surface area contributed by atoms with Gasteiger partial charge in [0.25, 0.3) is 0 Å². The normalized spacial score (nSPS) is 32.9. The number of piperidine rings is 1. The lowest BCUT2D eigenvalue weighted by molar-refractivity contribution is -0.0977. The Morgan fingerprint density at radius 1 is 1.09 bits per heavy atom. The Morgan fingerprint density at radius 3 is 2.59 bits per heavy atom. The second kappa shape index (κ2) is 6.81. The minimum Gasteiger partial charge on any atom is -0.379 e. The molecule has 5 fully saturated rings. The van der Waals surface area contributed by atoms with E-state index in [1.165, 1.54) is 24.8 Å². The molecular weight excluding hydrogens is 422 g/mol. The molecule has 0 spiro atoms. The molecular formula is C25H30ClN5O. The van der Waals surface area contributed by atoms with Crippen molar-refractivity contribution in [2.24, 2.45) is 5.92 Å². The van der Waals surface area contributed by atoms with E-state index in [0.29, 0.717) is 11.5 Å². The number of nitrogens with zero attached hydrogens (tertiary/aromatic N) is 5. The van der Waals surface area contributed by atoms with Crippen LogP contribution in [0.1, 0.15) is 56.9 Å². The molecule has 8 rings (SSSR count). The average molecular weight is 452 g/mol. The monoisotopic (exact) mass is 451 g/mol. The molecule has 3 aromatic rings. The van der Waals surface area contributed by atoms with E-state index in [2.05, 4.69) is 34.8 Å². The van der Waals surface area contributed by atoms with Crippen LogP contribution < -0.4 is 0 Å². The summed E-state index contributed by atoms with van der Waals surface area (Å²) >= 11 is 6.79. The number of ether oxygens (including phenoxy) is 1. The number of rotatable bonds is 4. The molecule has 7 heteroatoms. The smallest absolute Gasteiger partial charge is 0.103 e. The van der Waals surface area contributed by atoms with Gasteiger partial charge in [0.15, 0.2) is 0 Å². The third-order valence-corrected chi connectivity index (χ3v) is 9.22. The Kier molecular flexibility index (Phi) is 4.17. The number of benzene rings is 1. The minimum absolute atomic E-state index is 0.206. The van der Waals surface area contributed by atoms with Crippen LogP contribution in [-0.2, 0) is 10.3 Å². The molecule has 2 saturated heterocycles. The Balaban J connectivity index is 1.16. The second-order valence-corrected chi connectivity index (χ2v) is 11.3. The van der Waals surface area contributed by atoms with Crippen LogP contribution in [0.4, 0.5) is 0 Å². The van der Waals surface area contributed by atoms with E-state index in [9.17, 15) is 0 Å². The maximum absolute atomic E-state index is 6.79. The van der Waals surface area contributed by atoms with Gasteiger partial charge < -0.3 is 4.74 Å². The summed E-state index contributed by atoms with van der Waals surface area (Å²) in [5, 5.41) is 11.4. The van der Waals surface area contributed by atoms with Crippen LogP contribution in [-0.4, -0.2) is 56.3 Å². The summed E-state index contributed by atoms with van der Waals surface area (Å²) in [7, 11) is 0. The quantitative estimate of drug-likeness (QED) is 0.574. The SMILES string of the molecule is CC1(N2CCC(c3cc4c(cnn4-c4cnn(C56CC(C5)C6)c4)cc3Cl)CC2)CCOC1. The van der Waals surface area contributed by atoms with Crippen LogP contribution in [0.25, 0.3) is 16.6 Å². The molecule has 1 aromatic carbocycles. The van der Waals surface area contributed by atoms with Crippen LogP contribution in [0.3, 0.4) is 0 Å². The van der Waals surface area contributed by atoms with E-state index in [0.717, 1.165) is 73.1 Å². The van der Waals surface area contributed by atoms with Crippen LogP contribution in [0.5, 0.6) is 0 Å². The molecule has 2 bridgehead atoms. The van der Waals surface area contributed by atoms with E-state index in [4.69, 9.17) is 26.5 Å². The first-order valence-electron chi connectivity index (χ1n) is 12.1. The third-order valence-electron chi connectivity index (χ3n) is 8.89. The van der Waals surface area contributed by atoms with Gasteiger partial charge in [0, 0.05) is 22.6 Å². The average Bonchev–Trinajstić information content (AvgIpc) is 3.46. The molecule has 168 valence electrons. The summed E-state index contributed by atoms with van der Waals surface area (Å²) in [5.41, 5.74) is 3.94. The highest BCUT2D eigenvalue weighted by Crippen LogP contribution is 2.62. The first-order chi connectivity index (χ1) is 15.5. The summed E-state index contributed by atoms with van der Waals surface area (Å²) in [6, 6.07) is 4.38. The van der Waals surface area contributed by atoms with Crippen LogP contribution in [0.15, 0.2) is 30.7 Å². The largest absolute Gasteiger partial charge is 0.379 e. The maximum atomic E-state index is 6.79. The molecule has 0 N–H and O–H groups in total. The number of hydrogen-bond donors (Lipinski definition) is 0. The Hall–Kier alpha value is -1.89. The molecule has 3 aliphatic carbocycles. The fourth-order valence-corrected chi connectivity index (χ4v) is 6.94. The molecule has 3 saturated carbocycles. The van der Waals surface area contributed by atoms with Gasteiger partial charge in [-0.25, -0.2) is 4.68 Å². The van der Waals surface area contributed by atoms with Gasteiger partial charge in [0.1, 0.15) is 5.69 Å². The highest BCUT2D eigenvalue weighted by Gasteiger charge is 2.58. The third kappa shape index (κ3) is 2.79. The molecule has 2 aromatic heterocycles. The molecule has 1 unspecified atom stereocenters. The van der Waals surface area contributed by atoms with Gasteiger partial charge in [-0.15, -0.1) is 0 Å². The zero-order chi connectivity index (χ0) is 21.5. The zero-order valence-corrected chi connectivity index (χ0v) is 19.4. The lowest BCUT2D eigenvalue weighted by Crippen LogP contribution is -2.59. The van der Waals surface area contributed by atoms with Crippen molar-refractivity contribution in [3.05, 3.63) is 41.3 Å². The van der Waals surface area contributed by atoms with E-state index in [-0.39, 0.29) is 5.54 Å². The number of halogens is 1. The van der Waals surface area contributed by atoms with Crippen LogP contribution >= 0.6 is 11.6 Å². The van der Waals surface area contributed by atoms with Crippen molar-refractivity contribution in [2.75, 3.05) is 26.3 Å². The maximum Gasteiger partial charge on any atom is 0.103 e. The lowest BCUT2D eigenvalue weighted by atomic mass is 9.50. The molecule has 2 aliphatic heterocycles. The number of fused-ring (bicyclic) bond motifs is 1. The molecule has 0 amide bonds. The molecule has 4 heterocycles. The van der Waals surface area contributed by atoms with Crippen LogP contribution in [0, 0.1) is 5.92 Å². The van der Waals surface area contributed by atoms with Gasteiger partial charge in [0.2, 0.25) is 0 Å². The van der Waals surface area contributed by atoms with Crippen LogP contribution in [0.2, 0.25) is 5.02 Å². The van der Waals surface area contributed by atoms with E-state index in [1.54, 1.807) is 0 Å². The van der Waals surface area contributed by atoms with Crippen molar-refractivity contribution in [1.29, 1.82) is 0 Å². The fraction of sp³-hybridized carbons (Fsp3) is 0.600. The topological polar surface area (TPSA) is 48.1 Å². The fourth-order valence-electron chi connectivity index (χ4n) is 6.61. The molecule has 6 nitrogen and oxygen atoms in total. The molecule has 5 aliphatic rings. The first-order valence-corrected chi connectivity index (χ1v) is 12.5. The standard InChI is InChI=1S/C25H30ClN5O/c1-24(4-7-32-16-24)29-5-2-18(3-6-29)21-9-23-19(8-22(21)26)13-28-31(23)20-14-27-30(15-20)25-10-17(11-25)12-25/h8-9,13-15,17-18H,2-7,10-12,16H2,1H3. The summed E-state index contributed by atoms with van der Waals surface area (Å²) < 4.78 is 9.92. The second-order valence-electron chi connectivity index (χ2n) is 10.9. The summed E-state index contributed by atoms with van der Waals surface area (Å²) in [5.74, 6) is 1.43. The van der Waals surface area contributed by atoms with Gasteiger partial charge in [-0.3, -0.25) is 9.58 Å². The zero-order valence-electron chi connectivity index (χ0n) is 18.6. The van der Waals surface area contributed by atoms with Gasteiger partial charge in [-0.1, -0.05) is 11.6 Å². The number of aromatic nitrogens is 4. The highest BCUT2D eigenvalue weighted by atomic mass is 35.5. The number of likely N-dealkylation sites (tertiary alicyclic amines) is 1. The summed E-state index contributed by atoms with van der Waals surface area (Å²) in [6.07, 6.45) is 13.3. The van der Waals surface area contributed by atoms with E-state index in [1.807, 2.05) is 17.1 Å². The van der Waals surface area contributed by atoms with Crippen molar-refractivity contribution < 1.29 is 4.74 Å². The highest BCUT2D eigenvalue weighted by molar-refractivity contribution is 6.32. The van der Waals surface area contributed by atoms with Crippen molar-refractivity contribution in [1.82, 2.24) is 24.5 Å². The van der Waals surface area contributed by atoms with Crippen molar-refractivity contribution >= 4 is 22.5 Å². The summed E-state index contributed by atoms with van der Waals surface area (Å²) in [4.78, 5) is 2.63. The predicted molar refractivity (Wildman–Crippen MR) is 125 cm³/mol.